The number of carbonyl (C=O) groups excluding carboxylic acids is 1. The highest BCUT2D eigenvalue weighted by Crippen LogP contribution is 2.41. The van der Waals surface area contributed by atoms with E-state index in [0.717, 1.165) is 56.7 Å². The molecule has 1 amide bonds. The number of nitrogens with zero attached hydrogens (tertiary/aromatic N) is 5. The topological polar surface area (TPSA) is 97.9 Å². The molecule has 13 heteroatoms. The first-order valence-corrected chi connectivity index (χ1v) is 15.7. The SMILES string of the molecule is COc1cc(N2CCN(C3CCN(C)CC3)CC2)ccc1Nc1ncc(C(F)(F)F)c(NCc2cccc3c2C(C)(C)C(=O)N3)n1. The molecule has 246 valence electrons. The maximum atomic E-state index is 14.0. The van der Waals surface area contributed by atoms with E-state index in [0.29, 0.717) is 28.7 Å². The smallest absolute Gasteiger partial charge is 0.421 e. The number of halogens is 3. The number of likely N-dealkylation sites (tertiary alicyclic amines) is 1. The molecule has 0 radical (unpaired) electrons. The van der Waals surface area contributed by atoms with Crippen LogP contribution in [0.3, 0.4) is 0 Å². The van der Waals surface area contributed by atoms with Gasteiger partial charge < -0.3 is 30.5 Å². The Kier molecular flexibility index (Phi) is 8.73. The van der Waals surface area contributed by atoms with Gasteiger partial charge in [-0.15, -0.1) is 0 Å². The average Bonchev–Trinajstić information content (AvgIpc) is 3.28. The third-order valence-electron chi connectivity index (χ3n) is 9.45. The van der Waals surface area contributed by atoms with E-state index < -0.39 is 17.2 Å². The monoisotopic (exact) mass is 638 g/mol. The molecule has 0 unspecified atom stereocenters. The summed E-state index contributed by atoms with van der Waals surface area (Å²) in [5.41, 5.74) is 1.86. The van der Waals surface area contributed by atoms with Crippen LogP contribution in [0.15, 0.2) is 42.6 Å². The van der Waals surface area contributed by atoms with Crippen molar-refractivity contribution < 1.29 is 22.7 Å². The Morgan fingerprint density at radius 1 is 1.07 bits per heavy atom. The molecular weight excluding hydrogens is 597 g/mol. The molecule has 10 nitrogen and oxygen atoms in total. The summed E-state index contributed by atoms with van der Waals surface area (Å²) in [6.45, 7) is 9.72. The van der Waals surface area contributed by atoms with E-state index in [1.54, 1.807) is 39.2 Å². The molecule has 3 aliphatic rings. The first-order valence-electron chi connectivity index (χ1n) is 15.7. The molecule has 0 bridgehead atoms. The number of hydrogen-bond donors (Lipinski definition) is 3. The Morgan fingerprint density at radius 2 is 1.80 bits per heavy atom. The Hall–Kier alpha value is -4.10. The minimum atomic E-state index is -4.67. The Labute approximate surface area is 267 Å². The number of aromatic nitrogens is 2. The van der Waals surface area contributed by atoms with Crippen LogP contribution < -0.4 is 25.6 Å². The fraction of sp³-hybridized carbons (Fsp3) is 0.485. The molecule has 3 aromatic rings. The summed E-state index contributed by atoms with van der Waals surface area (Å²) in [5, 5.41) is 8.76. The van der Waals surface area contributed by atoms with Gasteiger partial charge in [0, 0.05) is 62.4 Å². The van der Waals surface area contributed by atoms with Gasteiger partial charge in [-0.25, -0.2) is 4.98 Å². The minimum absolute atomic E-state index is 0.0104. The predicted molar refractivity (Wildman–Crippen MR) is 173 cm³/mol. The highest BCUT2D eigenvalue weighted by atomic mass is 19.4. The maximum Gasteiger partial charge on any atom is 0.421 e. The number of ether oxygens (including phenoxy) is 1. The van der Waals surface area contributed by atoms with E-state index in [2.05, 4.69) is 47.7 Å². The van der Waals surface area contributed by atoms with Crippen molar-refractivity contribution in [3.8, 4) is 5.75 Å². The number of piperidine rings is 1. The lowest BCUT2D eigenvalue weighted by Gasteiger charge is -2.43. The summed E-state index contributed by atoms with van der Waals surface area (Å²) >= 11 is 0. The Bertz CT molecular complexity index is 1580. The number of nitrogens with one attached hydrogen (secondary N) is 3. The lowest BCUT2D eigenvalue weighted by molar-refractivity contribution is -0.137. The van der Waals surface area contributed by atoms with Gasteiger partial charge in [0.05, 0.1) is 18.2 Å². The van der Waals surface area contributed by atoms with Crippen molar-refractivity contribution in [2.75, 3.05) is 74.3 Å². The molecule has 2 aromatic carbocycles. The quantitative estimate of drug-likeness (QED) is 0.304. The fourth-order valence-corrected chi connectivity index (χ4v) is 6.75. The number of carbonyl (C=O) groups is 1. The molecule has 0 spiro atoms. The van der Waals surface area contributed by atoms with E-state index in [1.807, 2.05) is 18.2 Å². The van der Waals surface area contributed by atoms with Crippen LogP contribution in [0.25, 0.3) is 0 Å². The summed E-state index contributed by atoms with van der Waals surface area (Å²) in [5.74, 6) is 0.00125. The van der Waals surface area contributed by atoms with Gasteiger partial charge in [0.15, 0.2) is 0 Å². The van der Waals surface area contributed by atoms with Gasteiger partial charge >= 0.3 is 6.18 Å². The van der Waals surface area contributed by atoms with E-state index in [4.69, 9.17) is 4.74 Å². The van der Waals surface area contributed by atoms with Gasteiger partial charge in [-0.2, -0.15) is 18.2 Å². The van der Waals surface area contributed by atoms with Crippen LogP contribution in [0.2, 0.25) is 0 Å². The second-order valence-electron chi connectivity index (χ2n) is 12.8. The molecule has 0 aliphatic carbocycles. The summed E-state index contributed by atoms with van der Waals surface area (Å²) in [6.07, 6.45) is -1.49. The van der Waals surface area contributed by atoms with Crippen LogP contribution in [0.5, 0.6) is 5.75 Å². The zero-order chi connectivity index (χ0) is 32.6. The van der Waals surface area contributed by atoms with Gasteiger partial charge in [0.25, 0.3) is 0 Å². The molecule has 4 heterocycles. The van der Waals surface area contributed by atoms with Crippen LogP contribution in [-0.4, -0.2) is 85.1 Å². The second-order valence-corrected chi connectivity index (χ2v) is 12.8. The van der Waals surface area contributed by atoms with Crippen molar-refractivity contribution in [2.24, 2.45) is 0 Å². The van der Waals surface area contributed by atoms with E-state index in [9.17, 15) is 18.0 Å². The number of fused-ring (bicyclic) bond motifs is 1. The van der Waals surface area contributed by atoms with Gasteiger partial charge in [-0.1, -0.05) is 12.1 Å². The Morgan fingerprint density at radius 3 is 2.50 bits per heavy atom. The third-order valence-corrected chi connectivity index (χ3v) is 9.45. The third kappa shape index (κ3) is 6.43. The molecule has 46 heavy (non-hydrogen) atoms. The molecule has 0 atom stereocenters. The van der Waals surface area contributed by atoms with E-state index in [1.165, 1.54) is 12.8 Å². The van der Waals surface area contributed by atoms with Crippen molar-refractivity contribution in [1.29, 1.82) is 0 Å². The van der Waals surface area contributed by atoms with Crippen LogP contribution in [-0.2, 0) is 22.9 Å². The highest BCUT2D eigenvalue weighted by molar-refractivity contribution is 6.06. The first kappa shape index (κ1) is 31.9. The molecule has 3 N–H and O–H groups in total. The normalized spacial score (nSPS) is 19.1. The number of piperazine rings is 1. The van der Waals surface area contributed by atoms with Gasteiger partial charge in [0.1, 0.15) is 17.1 Å². The molecule has 2 fully saturated rings. The Balaban J connectivity index is 1.17. The number of rotatable bonds is 8. The largest absolute Gasteiger partial charge is 0.494 e. The average molecular weight is 639 g/mol. The van der Waals surface area contributed by atoms with Crippen LogP contribution in [0.4, 0.5) is 42.0 Å². The van der Waals surface area contributed by atoms with E-state index in [-0.39, 0.29) is 24.2 Å². The second kappa shape index (κ2) is 12.6. The maximum absolute atomic E-state index is 14.0. The number of amides is 1. The van der Waals surface area contributed by atoms with Crippen LogP contribution >= 0.6 is 0 Å². The number of methoxy groups -OCH3 is 1. The number of anilines is 5. The molecule has 3 aliphatic heterocycles. The highest BCUT2D eigenvalue weighted by Gasteiger charge is 2.40. The van der Waals surface area contributed by atoms with Gasteiger partial charge in [-0.05, 0) is 76.2 Å². The predicted octanol–water partition coefficient (Wildman–Crippen LogP) is 5.31. The number of hydrogen-bond acceptors (Lipinski definition) is 9. The standard InChI is InChI=1S/C33H41F3N8O2/c1-32(2)28-21(6-5-7-26(28)39-30(32)45)19-37-29-24(33(34,35)36)20-38-31(41-29)40-25-9-8-23(18-27(25)46-4)44-16-14-43(15-17-44)22-10-12-42(3)13-11-22/h5-9,18,20,22H,10-17,19H2,1-4H3,(H,39,45)(H2,37,38,40,41). The zero-order valence-corrected chi connectivity index (χ0v) is 26.7. The first-order chi connectivity index (χ1) is 21.9. The lowest BCUT2D eigenvalue weighted by Crippen LogP contribution is -2.53. The van der Waals surface area contributed by atoms with Crippen molar-refractivity contribution >= 4 is 34.7 Å². The van der Waals surface area contributed by atoms with E-state index >= 15 is 0 Å². The molecule has 6 rings (SSSR count). The van der Waals surface area contributed by atoms with Crippen molar-refractivity contribution in [2.45, 2.75) is 50.9 Å². The molecule has 1 aromatic heterocycles. The summed E-state index contributed by atoms with van der Waals surface area (Å²) < 4.78 is 47.6. The fourth-order valence-electron chi connectivity index (χ4n) is 6.75. The van der Waals surface area contributed by atoms with Crippen molar-refractivity contribution in [3.63, 3.8) is 0 Å². The molecule has 0 saturated carbocycles. The molecular formula is C33H41F3N8O2. The van der Waals surface area contributed by atoms with Crippen molar-refractivity contribution in [3.05, 3.63) is 59.3 Å². The number of benzene rings is 2. The van der Waals surface area contributed by atoms with Gasteiger partial charge in [0.2, 0.25) is 11.9 Å². The lowest BCUT2D eigenvalue weighted by atomic mass is 9.83. The van der Waals surface area contributed by atoms with Gasteiger partial charge in [-0.3, -0.25) is 9.69 Å². The van der Waals surface area contributed by atoms with Crippen LogP contribution in [0.1, 0.15) is 43.4 Å². The number of alkyl halides is 3. The van der Waals surface area contributed by atoms with Crippen LogP contribution in [0, 0.1) is 0 Å². The summed E-state index contributed by atoms with van der Waals surface area (Å²) in [7, 11) is 3.74. The molecule has 2 saturated heterocycles. The summed E-state index contributed by atoms with van der Waals surface area (Å²) in [6, 6.07) is 11.7. The zero-order valence-electron chi connectivity index (χ0n) is 26.7. The minimum Gasteiger partial charge on any atom is -0.494 e. The van der Waals surface area contributed by atoms with Crippen molar-refractivity contribution in [1.82, 2.24) is 19.8 Å². The summed E-state index contributed by atoms with van der Waals surface area (Å²) in [4.78, 5) is 28.0.